The third kappa shape index (κ3) is 5.93. The third-order valence-electron chi connectivity index (χ3n) is 3.30. The zero-order valence-electron chi connectivity index (χ0n) is 14.8. The molecule has 1 aromatic heterocycles. The Morgan fingerprint density at radius 3 is 2.61 bits per heavy atom. The number of nitrogens with zero attached hydrogens (tertiary/aromatic N) is 1. The predicted octanol–water partition coefficient (Wildman–Crippen LogP) is 3.14. The number of halogens is 2. The molecule has 8 nitrogen and oxygen atoms in total. The maximum atomic E-state index is 12.2. The molecule has 0 spiro atoms. The Hall–Kier alpha value is -2.14. The van der Waals surface area contributed by atoms with E-state index in [-0.39, 0.29) is 15.6 Å². The highest BCUT2D eigenvalue weighted by atomic mass is 79.9. The average Bonchev–Trinajstić information content (AvgIpc) is 3.05. The van der Waals surface area contributed by atoms with Gasteiger partial charge in [-0.3, -0.25) is 4.79 Å². The van der Waals surface area contributed by atoms with Crippen molar-refractivity contribution >= 4 is 61.2 Å². The number of anilines is 1. The summed E-state index contributed by atoms with van der Waals surface area (Å²) in [5.41, 5.74) is 0.196. The Balaban J connectivity index is 1.96. The number of furan rings is 1. The average molecular weight is 492 g/mol. The first-order valence-corrected chi connectivity index (χ1v) is 10.3. The Labute approximate surface area is 175 Å². The Kier molecular flexibility index (Phi) is 7.41. The fourth-order valence-electron chi connectivity index (χ4n) is 1.93. The van der Waals surface area contributed by atoms with Gasteiger partial charge in [0, 0.05) is 25.9 Å². The molecular weight excluding hydrogens is 476 g/mol. The Morgan fingerprint density at radius 2 is 2.00 bits per heavy atom. The van der Waals surface area contributed by atoms with Crippen LogP contribution in [0.5, 0.6) is 0 Å². The molecule has 28 heavy (non-hydrogen) atoms. The van der Waals surface area contributed by atoms with E-state index in [4.69, 9.17) is 20.8 Å². The number of carbonyl (C=O) groups is 2. The first-order chi connectivity index (χ1) is 13.1. The highest BCUT2D eigenvalue weighted by Crippen LogP contribution is 2.26. The highest BCUT2D eigenvalue weighted by molar-refractivity contribution is 9.10. The van der Waals surface area contributed by atoms with Crippen LogP contribution in [0.1, 0.15) is 5.76 Å². The smallest absolute Gasteiger partial charge is 0.331 e. The summed E-state index contributed by atoms with van der Waals surface area (Å²) in [6.45, 7) is -0.552. The number of ether oxygens (including phenoxy) is 1. The summed E-state index contributed by atoms with van der Waals surface area (Å²) in [6, 6.07) is 7.32. The lowest BCUT2D eigenvalue weighted by molar-refractivity contribution is -0.142. The van der Waals surface area contributed by atoms with E-state index in [0.29, 0.717) is 10.4 Å². The summed E-state index contributed by atoms with van der Waals surface area (Å²) in [4.78, 5) is 23.4. The monoisotopic (exact) mass is 490 g/mol. The van der Waals surface area contributed by atoms with Crippen LogP contribution in [0.3, 0.4) is 0 Å². The Bertz CT molecular complexity index is 1020. The van der Waals surface area contributed by atoms with E-state index in [9.17, 15) is 18.0 Å². The van der Waals surface area contributed by atoms with Crippen LogP contribution in [0.4, 0.5) is 5.69 Å². The molecule has 0 aliphatic carbocycles. The van der Waals surface area contributed by atoms with Gasteiger partial charge in [0.15, 0.2) is 11.3 Å². The van der Waals surface area contributed by atoms with Gasteiger partial charge >= 0.3 is 5.97 Å². The van der Waals surface area contributed by atoms with E-state index >= 15 is 0 Å². The quantitative estimate of drug-likeness (QED) is 0.471. The van der Waals surface area contributed by atoms with E-state index in [1.54, 1.807) is 12.1 Å². The number of sulfonamides is 1. The minimum atomic E-state index is -3.78. The first-order valence-electron chi connectivity index (χ1n) is 7.71. The van der Waals surface area contributed by atoms with Crippen molar-refractivity contribution in [3.8, 4) is 0 Å². The molecule has 2 rings (SSSR count). The molecule has 1 heterocycles. The van der Waals surface area contributed by atoms with Crippen LogP contribution in [0.2, 0.25) is 5.02 Å². The van der Waals surface area contributed by atoms with Gasteiger partial charge in [0.05, 0.1) is 5.02 Å². The summed E-state index contributed by atoms with van der Waals surface area (Å²) >= 11 is 9.08. The summed E-state index contributed by atoms with van der Waals surface area (Å²) in [7, 11) is -1.05. The van der Waals surface area contributed by atoms with Gasteiger partial charge in [0.2, 0.25) is 10.0 Å². The van der Waals surface area contributed by atoms with Gasteiger partial charge in [0.1, 0.15) is 10.7 Å². The number of nitrogens with one attached hydrogen (secondary N) is 1. The zero-order valence-corrected chi connectivity index (χ0v) is 18.0. The number of rotatable bonds is 7. The molecule has 0 fully saturated rings. The summed E-state index contributed by atoms with van der Waals surface area (Å²) in [6.07, 6.45) is 2.51. The number of hydrogen-bond acceptors (Lipinski definition) is 6. The second-order valence-corrected chi connectivity index (χ2v) is 8.87. The van der Waals surface area contributed by atoms with Gasteiger partial charge in [-0.25, -0.2) is 17.5 Å². The molecule has 0 aliphatic rings. The molecule has 0 saturated heterocycles. The van der Waals surface area contributed by atoms with E-state index in [2.05, 4.69) is 21.2 Å². The maximum absolute atomic E-state index is 12.2. The SMILES string of the molecule is CN(C)S(=O)(=O)c1cc(NC(=O)COC(=O)/C=C/c2ccc(Br)o2)ccc1Cl. The van der Waals surface area contributed by atoms with Crippen LogP contribution < -0.4 is 5.32 Å². The fraction of sp³-hybridized carbons (Fsp3) is 0.176. The number of hydrogen-bond donors (Lipinski definition) is 1. The summed E-state index contributed by atoms with van der Waals surface area (Å²) in [5.74, 6) is -0.947. The van der Waals surface area contributed by atoms with Crippen LogP contribution in [-0.4, -0.2) is 45.3 Å². The van der Waals surface area contributed by atoms with Gasteiger partial charge in [-0.15, -0.1) is 0 Å². The molecule has 11 heteroatoms. The van der Waals surface area contributed by atoms with Crippen molar-refractivity contribution in [3.05, 3.63) is 51.9 Å². The molecular formula is C17H16BrClN2O6S. The lowest BCUT2D eigenvalue weighted by atomic mass is 10.3. The first kappa shape index (κ1) is 22.2. The number of amides is 1. The highest BCUT2D eigenvalue weighted by Gasteiger charge is 2.21. The van der Waals surface area contributed by atoms with Gasteiger partial charge in [0.25, 0.3) is 5.91 Å². The Morgan fingerprint density at radius 1 is 1.29 bits per heavy atom. The van der Waals surface area contributed by atoms with Gasteiger partial charge in [-0.05, 0) is 52.3 Å². The van der Waals surface area contributed by atoms with E-state index < -0.39 is 28.5 Å². The van der Waals surface area contributed by atoms with Crippen molar-refractivity contribution in [1.82, 2.24) is 4.31 Å². The van der Waals surface area contributed by atoms with Crippen molar-refractivity contribution in [2.45, 2.75) is 4.90 Å². The molecule has 0 radical (unpaired) electrons. The lowest BCUT2D eigenvalue weighted by Gasteiger charge is -2.14. The standard InChI is InChI=1S/C17H16BrClN2O6S/c1-21(2)28(24,25)14-9-11(3-6-13(14)19)20-16(22)10-26-17(23)8-5-12-4-7-15(18)27-12/h3-9H,10H2,1-2H3,(H,20,22)/b8-5+. The van der Waals surface area contributed by atoms with Gasteiger partial charge in [-0.1, -0.05) is 11.6 Å². The van der Waals surface area contributed by atoms with E-state index in [0.717, 1.165) is 10.4 Å². The largest absolute Gasteiger partial charge is 0.452 e. The minimum absolute atomic E-state index is 0.0211. The lowest BCUT2D eigenvalue weighted by Crippen LogP contribution is -2.23. The van der Waals surface area contributed by atoms with E-state index in [1.165, 1.54) is 38.4 Å². The molecule has 0 unspecified atom stereocenters. The maximum Gasteiger partial charge on any atom is 0.331 e. The molecule has 0 aliphatic heterocycles. The molecule has 0 bridgehead atoms. The van der Waals surface area contributed by atoms with E-state index in [1.807, 2.05) is 0 Å². The molecule has 0 atom stereocenters. The summed E-state index contributed by atoms with van der Waals surface area (Å²) < 4.78 is 36.0. The second kappa shape index (κ2) is 9.37. The van der Waals surface area contributed by atoms with Crippen molar-refractivity contribution in [2.24, 2.45) is 0 Å². The normalized spacial score (nSPS) is 11.8. The second-order valence-electron chi connectivity index (χ2n) is 5.56. The minimum Gasteiger partial charge on any atom is -0.452 e. The predicted molar refractivity (Wildman–Crippen MR) is 107 cm³/mol. The third-order valence-corrected chi connectivity index (χ3v) is 6.02. The van der Waals surface area contributed by atoms with Crippen LogP contribution in [0.15, 0.2) is 50.4 Å². The number of carbonyl (C=O) groups excluding carboxylic acids is 2. The summed E-state index contributed by atoms with van der Waals surface area (Å²) in [5, 5.41) is 2.47. The number of benzene rings is 1. The number of esters is 1. The zero-order chi connectivity index (χ0) is 20.9. The topological polar surface area (TPSA) is 106 Å². The van der Waals surface area contributed by atoms with Crippen molar-refractivity contribution < 1.29 is 27.2 Å². The van der Waals surface area contributed by atoms with Crippen molar-refractivity contribution in [3.63, 3.8) is 0 Å². The van der Waals surface area contributed by atoms with Crippen LogP contribution in [0.25, 0.3) is 6.08 Å². The molecule has 2 aromatic rings. The van der Waals surface area contributed by atoms with Crippen LogP contribution in [-0.2, 0) is 24.3 Å². The fourth-order valence-corrected chi connectivity index (χ4v) is 3.64. The molecule has 1 aromatic carbocycles. The van der Waals surface area contributed by atoms with Gasteiger partial charge in [-0.2, -0.15) is 0 Å². The molecule has 1 amide bonds. The van der Waals surface area contributed by atoms with Gasteiger partial charge < -0.3 is 14.5 Å². The van der Waals surface area contributed by atoms with Crippen LogP contribution >= 0.6 is 27.5 Å². The van der Waals surface area contributed by atoms with Crippen LogP contribution in [0, 0.1) is 0 Å². The molecule has 150 valence electrons. The van der Waals surface area contributed by atoms with Crippen molar-refractivity contribution in [2.75, 3.05) is 26.0 Å². The molecule has 1 N–H and O–H groups in total. The van der Waals surface area contributed by atoms with Crippen molar-refractivity contribution in [1.29, 1.82) is 0 Å². The molecule has 0 saturated carbocycles.